The minimum atomic E-state index is -0.631. The van der Waals surface area contributed by atoms with Crippen molar-refractivity contribution in [2.75, 3.05) is 25.5 Å². The van der Waals surface area contributed by atoms with Crippen LogP contribution < -0.4 is 10.2 Å². The Kier molecular flexibility index (Phi) is 4.82. The quantitative estimate of drug-likeness (QED) is 0.607. The zero-order valence-corrected chi connectivity index (χ0v) is 11.1. The van der Waals surface area contributed by atoms with Gasteiger partial charge in [-0.15, -0.1) is 0 Å². The van der Waals surface area contributed by atoms with Crippen LogP contribution in [0.25, 0.3) is 0 Å². The summed E-state index contributed by atoms with van der Waals surface area (Å²) in [6.45, 7) is 1.82. The lowest BCUT2D eigenvalue weighted by Gasteiger charge is -2.21. The van der Waals surface area contributed by atoms with Crippen molar-refractivity contribution in [3.05, 3.63) is 33.9 Å². The second kappa shape index (κ2) is 6.14. The lowest BCUT2D eigenvalue weighted by atomic mass is 10.1. The van der Waals surface area contributed by atoms with Crippen LogP contribution >= 0.6 is 0 Å². The van der Waals surface area contributed by atoms with E-state index in [1.807, 2.05) is 0 Å². The number of rotatable bonds is 5. The van der Waals surface area contributed by atoms with Gasteiger partial charge < -0.3 is 15.3 Å². The number of nitrogens with one attached hydrogen (secondary N) is 1. The number of carbonyl (C=O) groups excluding carboxylic acids is 1. The number of nitro groups is 1. The number of carbonyl (C=O) groups is 1. The maximum atomic E-state index is 11.5. The Balaban J connectivity index is 3.22. The van der Waals surface area contributed by atoms with Crippen LogP contribution in [-0.2, 0) is 0 Å². The first-order chi connectivity index (χ1) is 8.86. The summed E-state index contributed by atoms with van der Waals surface area (Å²) < 4.78 is 0. The van der Waals surface area contributed by atoms with Crippen LogP contribution in [0.1, 0.15) is 17.3 Å². The fourth-order valence-electron chi connectivity index (χ4n) is 1.76. The van der Waals surface area contributed by atoms with E-state index in [4.69, 9.17) is 0 Å². The highest BCUT2D eigenvalue weighted by atomic mass is 16.6. The Bertz CT molecular complexity index is 488. The second-order valence-electron chi connectivity index (χ2n) is 4.27. The number of amides is 1. The molecule has 1 unspecified atom stereocenters. The third kappa shape index (κ3) is 3.65. The molecule has 0 saturated heterocycles. The first kappa shape index (κ1) is 14.9. The van der Waals surface area contributed by atoms with Gasteiger partial charge in [-0.3, -0.25) is 14.9 Å². The van der Waals surface area contributed by atoms with Crippen LogP contribution in [0.3, 0.4) is 0 Å². The summed E-state index contributed by atoms with van der Waals surface area (Å²) in [6.07, 6.45) is -0.631. The molecule has 0 aliphatic rings. The molecule has 0 saturated carbocycles. The molecule has 1 aromatic carbocycles. The van der Waals surface area contributed by atoms with E-state index in [1.165, 1.54) is 25.2 Å². The van der Waals surface area contributed by atoms with E-state index in [2.05, 4.69) is 5.32 Å². The average molecular weight is 267 g/mol. The van der Waals surface area contributed by atoms with E-state index < -0.39 is 11.0 Å². The van der Waals surface area contributed by atoms with Crippen molar-refractivity contribution in [3.8, 4) is 0 Å². The standard InChI is InChI=1S/C12H17N3O4/c1-8(16)7-14(3)11-6-9(12(17)13-2)4-5-10(11)15(18)19/h4-6,8,16H,7H2,1-3H3,(H,13,17). The zero-order chi connectivity index (χ0) is 14.6. The Hall–Kier alpha value is -2.15. The Morgan fingerprint density at radius 3 is 2.68 bits per heavy atom. The molecule has 0 bridgehead atoms. The largest absolute Gasteiger partial charge is 0.392 e. The molecule has 19 heavy (non-hydrogen) atoms. The molecular weight excluding hydrogens is 250 g/mol. The number of hydrogen-bond acceptors (Lipinski definition) is 5. The fraction of sp³-hybridized carbons (Fsp3) is 0.417. The van der Waals surface area contributed by atoms with Crippen molar-refractivity contribution in [1.82, 2.24) is 5.32 Å². The van der Waals surface area contributed by atoms with Crippen molar-refractivity contribution in [2.24, 2.45) is 0 Å². The molecule has 0 aliphatic carbocycles. The Morgan fingerprint density at radius 1 is 1.58 bits per heavy atom. The summed E-state index contributed by atoms with van der Waals surface area (Å²) in [5.41, 5.74) is 0.531. The van der Waals surface area contributed by atoms with Gasteiger partial charge in [-0.25, -0.2) is 0 Å². The highest BCUT2D eigenvalue weighted by Crippen LogP contribution is 2.28. The summed E-state index contributed by atoms with van der Waals surface area (Å²) in [7, 11) is 3.12. The van der Waals surface area contributed by atoms with Crippen molar-refractivity contribution < 1.29 is 14.8 Å². The van der Waals surface area contributed by atoms with Crippen LogP contribution in [0.4, 0.5) is 11.4 Å². The van der Waals surface area contributed by atoms with E-state index in [-0.39, 0.29) is 18.1 Å². The van der Waals surface area contributed by atoms with Crippen molar-refractivity contribution in [3.63, 3.8) is 0 Å². The van der Waals surface area contributed by atoms with Crippen molar-refractivity contribution >= 4 is 17.3 Å². The van der Waals surface area contributed by atoms with Gasteiger partial charge in [-0.05, 0) is 19.1 Å². The monoisotopic (exact) mass is 267 g/mol. The zero-order valence-electron chi connectivity index (χ0n) is 11.1. The van der Waals surface area contributed by atoms with Gasteiger partial charge in [0, 0.05) is 32.3 Å². The fourth-order valence-corrected chi connectivity index (χ4v) is 1.76. The molecule has 0 spiro atoms. The van der Waals surface area contributed by atoms with E-state index in [9.17, 15) is 20.0 Å². The normalized spacial score (nSPS) is 11.8. The average Bonchev–Trinajstić information content (AvgIpc) is 2.36. The van der Waals surface area contributed by atoms with Gasteiger partial charge in [0.1, 0.15) is 5.69 Å². The predicted octanol–water partition coefficient (Wildman–Crippen LogP) is 0.771. The lowest BCUT2D eigenvalue weighted by Crippen LogP contribution is -2.28. The molecule has 1 rings (SSSR count). The SMILES string of the molecule is CNC(=O)c1ccc([N+](=O)[O-])c(N(C)CC(C)O)c1. The van der Waals surface area contributed by atoms with Crippen molar-refractivity contribution in [1.29, 1.82) is 0 Å². The highest BCUT2D eigenvalue weighted by molar-refractivity contribution is 5.95. The molecule has 1 amide bonds. The van der Waals surface area contributed by atoms with Gasteiger partial charge in [-0.1, -0.05) is 0 Å². The molecule has 0 fully saturated rings. The van der Waals surface area contributed by atoms with Gasteiger partial charge in [0.2, 0.25) is 0 Å². The van der Waals surface area contributed by atoms with E-state index in [0.717, 1.165) is 0 Å². The third-order valence-electron chi connectivity index (χ3n) is 2.61. The molecule has 2 N–H and O–H groups in total. The number of nitrogens with zero attached hydrogens (tertiary/aromatic N) is 2. The third-order valence-corrected chi connectivity index (χ3v) is 2.61. The molecule has 0 radical (unpaired) electrons. The van der Waals surface area contributed by atoms with Gasteiger partial charge >= 0.3 is 0 Å². The number of likely N-dealkylation sites (N-methyl/N-ethyl adjacent to an activating group) is 1. The number of benzene rings is 1. The molecule has 7 heteroatoms. The van der Waals surface area contributed by atoms with E-state index in [0.29, 0.717) is 11.3 Å². The first-order valence-electron chi connectivity index (χ1n) is 5.76. The van der Waals surface area contributed by atoms with Crippen LogP contribution in [0.2, 0.25) is 0 Å². The maximum absolute atomic E-state index is 11.5. The Morgan fingerprint density at radius 2 is 2.21 bits per heavy atom. The molecule has 1 atom stereocenters. The molecule has 1 aromatic rings. The minimum Gasteiger partial charge on any atom is -0.392 e. The van der Waals surface area contributed by atoms with Gasteiger partial charge in [0.25, 0.3) is 11.6 Å². The predicted molar refractivity (Wildman–Crippen MR) is 71.4 cm³/mol. The van der Waals surface area contributed by atoms with Crippen LogP contribution in [0.5, 0.6) is 0 Å². The molecule has 104 valence electrons. The van der Waals surface area contributed by atoms with Crippen LogP contribution in [0, 0.1) is 10.1 Å². The topological polar surface area (TPSA) is 95.7 Å². The number of aliphatic hydroxyl groups excluding tert-OH is 1. The number of hydrogen-bond donors (Lipinski definition) is 2. The number of anilines is 1. The molecule has 0 aromatic heterocycles. The van der Waals surface area contributed by atoms with E-state index >= 15 is 0 Å². The molecule has 0 aliphatic heterocycles. The van der Waals surface area contributed by atoms with Crippen LogP contribution in [0.15, 0.2) is 18.2 Å². The van der Waals surface area contributed by atoms with Gasteiger partial charge in [0.15, 0.2) is 0 Å². The summed E-state index contributed by atoms with van der Waals surface area (Å²) in [4.78, 5) is 23.6. The molecular formula is C12H17N3O4. The first-order valence-corrected chi connectivity index (χ1v) is 5.76. The summed E-state index contributed by atoms with van der Waals surface area (Å²) in [5.74, 6) is -0.318. The second-order valence-corrected chi connectivity index (χ2v) is 4.27. The number of nitro benzene ring substituents is 1. The Labute approximate surface area is 111 Å². The van der Waals surface area contributed by atoms with E-state index in [1.54, 1.807) is 18.9 Å². The molecule has 0 heterocycles. The highest BCUT2D eigenvalue weighted by Gasteiger charge is 2.20. The van der Waals surface area contributed by atoms with Crippen LogP contribution in [-0.4, -0.2) is 42.7 Å². The summed E-state index contributed by atoms with van der Waals surface area (Å²) in [6, 6.07) is 4.13. The van der Waals surface area contributed by atoms with Gasteiger partial charge in [0.05, 0.1) is 11.0 Å². The minimum absolute atomic E-state index is 0.101. The van der Waals surface area contributed by atoms with Crippen molar-refractivity contribution in [2.45, 2.75) is 13.0 Å². The molecule has 7 nitrogen and oxygen atoms in total. The maximum Gasteiger partial charge on any atom is 0.292 e. The lowest BCUT2D eigenvalue weighted by molar-refractivity contribution is -0.384. The summed E-state index contributed by atoms with van der Waals surface area (Å²) in [5, 5.41) is 22.8. The number of aliphatic hydroxyl groups is 1. The smallest absolute Gasteiger partial charge is 0.292 e. The summed E-state index contributed by atoms with van der Waals surface area (Å²) >= 11 is 0. The van der Waals surface area contributed by atoms with Gasteiger partial charge in [-0.2, -0.15) is 0 Å².